The summed E-state index contributed by atoms with van der Waals surface area (Å²) in [6, 6.07) is 6.60. The van der Waals surface area contributed by atoms with E-state index in [1.807, 2.05) is 6.92 Å². The maximum absolute atomic E-state index is 11.9. The normalized spacial score (nSPS) is 11.6. The maximum atomic E-state index is 11.9. The molecule has 0 bridgehead atoms. The molecule has 23 heavy (non-hydrogen) atoms. The average Bonchev–Trinajstić information content (AvgIpc) is 2.60. The molecule has 2 aromatic heterocycles. The fourth-order valence-corrected chi connectivity index (χ4v) is 1.81. The Balaban J connectivity index is 1.98. The van der Waals surface area contributed by atoms with Crippen LogP contribution in [0.2, 0.25) is 0 Å². The van der Waals surface area contributed by atoms with Crippen LogP contribution in [0.15, 0.2) is 36.7 Å². The molecule has 0 spiro atoms. The van der Waals surface area contributed by atoms with Crippen LogP contribution in [0.4, 0.5) is 0 Å². The van der Waals surface area contributed by atoms with Gasteiger partial charge in [-0.05, 0) is 18.2 Å². The van der Waals surface area contributed by atoms with Crippen molar-refractivity contribution in [2.24, 2.45) is 0 Å². The van der Waals surface area contributed by atoms with Crippen molar-refractivity contribution < 1.29 is 14.4 Å². The van der Waals surface area contributed by atoms with Gasteiger partial charge in [0.2, 0.25) is 0 Å². The van der Waals surface area contributed by atoms with Crippen LogP contribution in [-0.4, -0.2) is 40.4 Å². The van der Waals surface area contributed by atoms with Gasteiger partial charge >= 0.3 is 0 Å². The molecule has 8 heteroatoms. The minimum absolute atomic E-state index is 0.169. The zero-order chi connectivity index (χ0) is 16.7. The van der Waals surface area contributed by atoms with Crippen molar-refractivity contribution in [3.63, 3.8) is 0 Å². The Bertz CT molecular complexity index is 678. The van der Waals surface area contributed by atoms with Gasteiger partial charge in [-0.3, -0.25) is 19.4 Å². The molecule has 2 heterocycles. The number of aromatic nitrogens is 3. The van der Waals surface area contributed by atoms with E-state index >= 15 is 0 Å². The summed E-state index contributed by atoms with van der Waals surface area (Å²) >= 11 is 0. The third-order valence-electron chi connectivity index (χ3n) is 3.01. The highest BCUT2D eigenvalue weighted by Gasteiger charge is 2.15. The summed E-state index contributed by atoms with van der Waals surface area (Å²) in [7, 11) is 1.34. The summed E-state index contributed by atoms with van der Waals surface area (Å²) in [6.07, 6.45) is 3.04. The Hall–Kier alpha value is -2.87. The number of hydrogen-bond acceptors (Lipinski definition) is 6. The molecule has 2 aromatic rings. The highest BCUT2D eigenvalue weighted by atomic mass is 16.6. The predicted octanol–water partition coefficient (Wildman–Crippen LogP) is 0.696. The summed E-state index contributed by atoms with van der Waals surface area (Å²) in [5.74, 6) is -0.445. The van der Waals surface area contributed by atoms with Gasteiger partial charge in [0.1, 0.15) is 17.2 Å². The van der Waals surface area contributed by atoms with E-state index in [2.05, 4.69) is 30.6 Å². The van der Waals surface area contributed by atoms with E-state index in [1.165, 1.54) is 19.4 Å². The first kappa shape index (κ1) is 16.5. The van der Waals surface area contributed by atoms with Crippen molar-refractivity contribution in [3.8, 4) is 0 Å². The van der Waals surface area contributed by atoms with Crippen LogP contribution in [0.1, 0.15) is 39.6 Å². The second-order valence-electron chi connectivity index (χ2n) is 4.76. The van der Waals surface area contributed by atoms with Gasteiger partial charge in [0.15, 0.2) is 0 Å². The van der Waals surface area contributed by atoms with E-state index in [-0.39, 0.29) is 17.5 Å². The summed E-state index contributed by atoms with van der Waals surface area (Å²) in [4.78, 5) is 40.5. The molecule has 1 atom stereocenters. The third kappa shape index (κ3) is 4.55. The number of hydroxylamine groups is 1. The van der Waals surface area contributed by atoms with E-state index in [9.17, 15) is 9.59 Å². The molecule has 2 amide bonds. The molecule has 0 radical (unpaired) electrons. The number of pyridine rings is 1. The third-order valence-corrected chi connectivity index (χ3v) is 3.01. The molecule has 120 valence electrons. The van der Waals surface area contributed by atoms with E-state index in [4.69, 9.17) is 0 Å². The monoisotopic (exact) mass is 315 g/mol. The fourth-order valence-electron chi connectivity index (χ4n) is 1.81. The van der Waals surface area contributed by atoms with Crippen LogP contribution in [-0.2, 0) is 4.84 Å². The molecule has 0 aliphatic heterocycles. The molecule has 0 aliphatic carbocycles. The smallest absolute Gasteiger partial charge is 0.293 e. The summed E-state index contributed by atoms with van der Waals surface area (Å²) in [5.41, 5.74) is 2.73. The number of carbonyl (C=O) groups excluding carboxylic acids is 2. The first-order valence-corrected chi connectivity index (χ1v) is 6.97. The van der Waals surface area contributed by atoms with Crippen LogP contribution in [0.25, 0.3) is 0 Å². The zero-order valence-electron chi connectivity index (χ0n) is 12.8. The summed E-state index contributed by atoms with van der Waals surface area (Å²) < 4.78 is 0. The van der Waals surface area contributed by atoms with Gasteiger partial charge in [-0.2, -0.15) is 0 Å². The predicted molar refractivity (Wildman–Crippen MR) is 81.5 cm³/mol. The lowest BCUT2D eigenvalue weighted by Crippen LogP contribution is -2.29. The lowest BCUT2D eigenvalue weighted by atomic mass is 10.1. The lowest BCUT2D eigenvalue weighted by Gasteiger charge is -2.12. The largest absolute Gasteiger partial charge is 0.350 e. The van der Waals surface area contributed by atoms with Crippen LogP contribution < -0.4 is 10.8 Å². The highest BCUT2D eigenvalue weighted by Crippen LogP contribution is 2.09. The summed E-state index contributed by atoms with van der Waals surface area (Å²) in [5, 5.41) is 2.76. The number of rotatable bonds is 6. The molecule has 0 aliphatic rings. The molecule has 0 fully saturated rings. The Kier molecular flexibility index (Phi) is 5.70. The van der Waals surface area contributed by atoms with E-state index < -0.39 is 5.91 Å². The number of hydrogen-bond donors (Lipinski definition) is 2. The quantitative estimate of drug-likeness (QED) is 0.760. The Morgan fingerprint density at radius 2 is 1.96 bits per heavy atom. The van der Waals surface area contributed by atoms with Crippen LogP contribution >= 0.6 is 0 Å². The van der Waals surface area contributed by atoms with Gasteiger partial charge in [-0.25, -0.2) is 15.4 Å². The number of carbonyl (C=O) groups is 2. The van der Waals surface area contributed by atoms with Crippen molar-refractivity contribution in [1.82, 2.24) is 25.7 Å². The van der Waals surface area contributed by atoms with Crippen molar-refractivity contribution in [1.29, 1.82) is 0 Å². The van der Waals surface area contributed by atoms with Crippen molar-refractivity contribution in [3.05, 3.63) is 53.9 Å². The van der Waals surface area contributed by atoms with Gasteiger partial charge in [0, 0.05) is 24.9 Å². The first-order valence-electron chi connectivity index (χ1n) is 6.97. The van der Waals surface area contributed by atoms with E-state index in [0.29, 0.717) is 18.1 Å². The number of amides is 2. The van der Waals surface area contributed by atoms with E-state index in [1.54, 1.807) is 24.4 Å². The number of nitrogens with zero attached hydrogens (tertiary/aromatic N) is 3. The molecule has 2 N–H and O–H groups in total. The average molecular weight is 315 g/mol. The second-order valence-corrected chi connectivity index (χ2v) is 4.76. The maximum Gasteiger partial charge on any atom is 0.293 e. The highest BCUT2D eigenvalue weighted by molar-refractivity contribution is 5.92. The molecule has 0 saturated carbocycles. The second kappa shape index (κ2) is 7.95. The molecule has 1 unspecified atom stereocenters. The fraction of sp³-hybridized carbons (Fsp3) is 0.267. The van der Waals surface area contributed by atoms with Crippen molar-refractivity contribution in [2.75, 3.05) is 13.7 Å². The van der Waals surface area contributed by atoms with E-state index in [0.717, 1.165) is 0 Å². The molecule has 8 nitrogen and oxygen atoms in total. The van der Waals surface area contributed by atoms with Crippen LogP contribution in [0, 0.1) is 0 Å². The topological polar surface area (TPSA) is 106 Å². The zero-order valence-corrected chi connectivity index (χ0v) is 12.8. The van der Waals surface area contributed by atoms with Crippen LogP contribution in [0.3, 0.4) is 0 Å². The van der Waals surface area contributed by atoms with Gasteiger partial charge in [0.25, 0.3) is 11.8 Å². The van der Waals surface area contributed by atoms with Gasteiger partial charge in [0.05, 0.1) is 7.11 Å². The molecular formula is C15H17N5O3. The SMILES string of the molecule is CONC(=O)c1ccnc(C(C)CNC(=O)c2ccccn2)n1. The van der Waals surface area contributed by atoms with Gasteiger partial charge < -0.3 is 5.32 Å². The van der Waals surface area contributed by atoms with Gasteiger partial charge in [-0.15, -0.1) is 0 Å². The van der Waals surface area contributed by atoms with Crippen molar-refractivity contribution in [2.45, 2.75) is 12.8 Å². The minimum Gasteiger partial charge on any atom is -0.350 e. The minimum atomic E-state index is -0.458. The van der Waals surface area contributed by atoms with Crippen LogP contribution in [0.5, 0.6) is 0 Å². The molecular weight excluding hydrogens is 298 g/mol. The standard InChI is InChI=1S/C15H17N5O3/c1-10(9-18-14(21)11-5-3-4-7-16-11)13-17-8-6-12(19-13)15(22)20-23-2/h3-8,10H,9H2,1-2H3,(H,18,21)(H,20,22). The number of nitrogens with one attached hydrogen (secondary N) is 2. The lowest BCUT2D eigenvalue weighted by molar-refractivity contribution is 0.0531. The Labute approximate surface area is 133 Å². The Morgan fingerprint density at radius 1 is 1.13 bits per heavy atom. The molecule has 0 aromatic carbocycles. The molecule has 0 saturated heterocycles. The van der Waals surface area contributed by atoms with Gasteiger partial charge in [-0.1, -0.05) is 13.0 Å². The summed E-state index contributed by atoms with van der Waals surface area (Å²) in [6.45, 7) is 2.18. The Morgan fingerprint density at radius 3 is 2.65 bits per heavy atom. The first-order chi connectivity index (χ1) is 11.1. The van der Waals surface area contributed by atoms with Crippen molar-refractivity contribution >= 4 is 11.8 Å². The molecule has 2 rings (SSSR count).